The number of hydrogen-bond acceptors (Lipinski definition) is 6. The van der Waals surface area contributed by atoms with Gasteiger partial charge in [-0.15, -0.1) is 11.3 Å². The van der Waals surface area contributed by atoms with Gasteiger partial charge < -0.3 is 14.6 Å². The molecular formula is C23H25N3O3S2. The maximum Gasteiger partial charge on any atom is 0.341 e. The van der Waals surface area contributed by atoms with E-state index >= 15 is 0 Å². The summed E-state index contributed by atoms with van der Waals surface area (Å²) in [5.74, 6) is -0.133. The molecule has 0 spiro atoms. The van der Waals surface area contributed by atoms with Crippen molar-refractivity contribution in [3.63, 3.8) is 0 Å². The minimum atomic E-state index is -0.393. The lowest BCUT2D eigenvalue weighted by molar-refractivity contribution is -0.115. The van der Waals surface area contributed by atoms with Gasteiger partial charge in [0.15, 0.2) is 5.16 Å². The summed E-state index contributed by atoms with van der Waals surface area (Å²) in [4.78, 5) is 30.9. The molecule has 31 heavy (non-hydrogen) atoms. The molecule has 0 saturated heterocycles. The standard InChI is InChI=1S/C23H25N3O3S2/c1-14(30-23-24-11-12-26(23)2)20(27)25-21-19(22(28)29-3)17-10-9-16(13-18(17)31-21)15-7-5-4-6-8-15/h4-8,11-12,14,16H,9-10,13H2,1-3H3,(H,25,27). The Kier molecular flexibility index (Phi) is 6.48. The molecule has 0 saturated carbocycles. The van der Waals surface area contributed by atoms with Crippen molar-refractivity contribution in [2.45, 2.75) is 42.5 Å². The third-order valence-electron chi connectivity index (χ3n) is 5.59. The number of rotatable bonds is 6. The molecule has 1 aliphatic carbocycles. The second-order valence-electron chi connectivity index (χ2n) is 7.62. The lowest BCUT2D eigenvalue weighted by Gasteiger charge is -2.22. The van der Waals surface area contributed by atoms with Crippen LogP contribution in [0.25, 0.3) is 0 Å². The number of carbonyl (C=O) groups is 2. The van der Waals surface area contributed by atoms with Crippen LogP contribution >= 0.6 is 23.1 Å². The van der Waals surface area contributed by atoms with E-state index in [4.69, 9.17) is 4.74 Å². The Balaban J connectivity index is 1.56. The number of hydrogen-bond donors (Lipinski definition) is 1. The molecule has 1 aromatic carbocycles. The Morgan fingerprint density at radius 3 is 2.77 bits per heavy atom. The Hall–Kier alpha value is -2.58. The average Bonchev–Trinajstić information content (AvgIpc) is 3.35. The number of carbonyl (C=O) groups excluding carboxylic acids is 2. The van der Waals surface area contributed by atoms with Crippen LogP contribution < -0.4 is 5.32 Å². The molecule has 0 bridgehead atoms. The van der Waals surface area contributed by atoms with E-state index in [0.29, 0.717) is 16.5 Å². The summed E-state index contributed by atoms with van der Waals surface area (Å²) in [5.41, 5.74) is 2.84. The number of nitrogens with zero attached hydrogens (tertiary/aromatic N) is 2. The van der Waals surface area contributed by atoms with Crippen LogP contribution in [0.5, 0.6) is 0 Å². The van der Waals surface area contributed by atoms with Crippen molar-refractivity contribution in [2.75, 3.05) is 12.4 Å². The number of methoxy groups -OCH3 is 1. The molecule has 0 radical (unpaired) electrons. The van der Waals surface area contributed by atoms with E-state index in [9.17, 15) is 9.59 Å². The van der Waals surface area contributed by atoms with Crippen molar-refractivity contribution in [3.05, 3.63) is 64.3 Å². The van der Waals surface area contributed by atoms with Gasteiger partial charge in [-0.25, -0.2) is 9.78 Å². The van der Waals surface area contributed by atoms with Crippen LogP contribution in [0.15, 0.2) is 47.9 Å². The van der Waals surface area contributed by atoms with Crippen molar-refractivity contribution in [1.82, 2.24) is 9.55 Å². The number of anilines is 1. The molecule has 8 heteroatoms. The number of nitrogens with one attached hydrogen (secondary N) is 1. The first-order valence-electron chi connectivity index (χ1n) is 10.2. The van der Waals surface area contributed by atoms with E-state index in [1.807, 2.05) is 30.8 Å². The van der Waals surface area contributed by atoms with Crippen molar-refractivity contribution in [1.29, 1.82) is 0 Å². The first kappa shape index (κ1) is 21.6. The van der Waals surface area contributed by atoms with Crippen molar-refractivity contribution in [3.8, 4) is 0 Å². The maximum absolute atomic E-state index is 12.9. The summed E-state index contributed by atoms with van der Waals surface area (Å²) in [5, 5.41) is 3.99. The van der Waals surface area contributed by atoms with Crippen molar-refractivity contribution < 1.29 is 14.3 Å². The molecule has 1 N–H and O–H groups in total. The normalized spacial score (nSPS) is 16.4. The molecule has 0 aliphatic heterocycles. The van der Waals surface area contributed by atoms with E-state index in [1.165, 1.54) is 35.8 Å². The lowest BCUT2D eigenvalue weighted by Crippen LogP contribution is -2.23. The average molecular weight is 456 g/mol. The van der Waals surface area contributed by atoms with E-state index in [0.717, 1.165) is 34.9 Å². The molecular weight excluding hydrogens is 430 g/mol. The maximum atomic E-state index is 12.9. The van der Waals surface area contributed by atoms with E-state index in [2.05, 4.69) is 34.6 Å². The van der Waals surface area contributed by atoms with E-state index in [1.54, 1.807) is 6.20 Å². The van der Waals surface area contributed by atoms with Gasteiger partial charge in [0, 0.05) is 24.3 Å². The summed E-state index contributed by atoms with van der Waals surface area (Å²) in [6.07, 6.45) is 6.18. The minimum absolute atomic E-state index is 0.156. The predicted octanol–water partition coefficient (Wildman–Crippen LogP) is 4.66. The van der Waals surface area contributed by atoms with E-state index in [-0.39, 0.29) is 11.2 Å². The SMILES string of the molecule is COC(=O)c1c(NC(=O)C(C)Sc2nccn2C)sc2c1CCC(c1ccccc1)C2. The zero-order valence-electron chi connectivity index (χ0n) is 17.8. The largest absolute Gasteiger partial charge is 0.465 e. The topological polar surface area (TPSA) is 73.2 Å². The smallest absolute Gasteiger partial charge is 0.341 e. The molecule has 0 fully saturated rings. The monoisotopic (exact) mass is 455 g/mol. The van der Waals surface area contributed by atoms with Crippen LogP contribution in [0.2, 0.25) is 0 Å². The number of amides is 1. The van der Waals surface area contributed by atoms with Gasteiger partial charge in [-0.1, -0.05) is 42.1 Å². The van der Waals surface area contributed by atoms with Crippen molar-refractivity contribution in [2.24, 2.45) is 7.05 Å². The summed E-state index contributed by atoms with van der Waals surface area (Å²) in [6, 6.07) is 10.5. The zero-order valence-corrected chi connectivity index (χ0v) is 19.4. The molecule has 2 unspecified atom stereocenters. The Labute approximate surface area is 190 Å². The van der Waals surface area contributed by atoms with Crippen LogP contribution in [-0.2, 0) is 29.4 Å². The van der Waals surface area contributed by atoms with Gasteiger partial charge in [0.1, 0.15) is 5.00 Å². The summed E-state index contributed by atoms with van der Waals surface area (Å²) >= 11 is 2.88. The van der Waals surface area contributed by atoms with Gasteiger partial charge in [0.05, 0.1) is 17.9 Å². The van der Waals surface area contributed by atoms with E-state index < -0.39 is 5.97 Å². The second-order valence-corrected chi connectivity index (χ2v) is 10.0. The number of thioether (sulfide) groups is 1. The highest BCUT2D eigenvalue weighted by Crippen LogP contribution is 2.43. The first-order chi connectivity index (χ1) is 15.0. The van der Waals surface area contributed by atoms with Crippen LogP contribution in [0, 0.1) is 0 Å². The van der Waals surface area contributed by atoms with Crippen LogP contribution in [0.3, 0.4) is 0 Å². The zero-order chi connectivity index (χ0) is 22.0. The number of benzene rings is 1. The molecule has 3 aromatic rings. The molecule has 2 atom stereocenters. The number of thiophene rings is 1. The predicted molar refractivity (Wildman–Crippen MR) is 124 cm³/mol. The second kappa shape index (κ2) is 9.28. The Morgan fingerprint density at radius 1 is 1.32 bits per heavy atom. The Morgan fingerprint density at radius 2 is 2.10 bits per heavy atom. The number of imidazole rings is 1. The van der Waals surface area contributed by atoms with Gasteiger partial charge in [-0.3, -0.25) is 4.79 Å². The van der Waals surface area contributed by atoms with Gasteiger partial charge >= 0.3 is 5.97 Å². The minimum Gasteiger partial charge on any atom is -0.465 e. The summed E-state index contributed by atoms with van der Waals surface area (Å²) in [7, 11) is 3.28. The molecule has 162 valence electrons. The van der Waals surface area contributed by atoms with Gasteiger partial charge in [-0.2, -0.15) is 0 Å². The highest BCUT2D eigenvalue weighted by atomic mass is 32.2. The first-order valence-corrected chi connectivity index (χ1v) is 11.9. The summed E-state index contributed by atoms with van der Waals surface area (Å²) in [6.45, 7) is 1.84. The Bertz CT molecular complexity index is 1090. The summed E-state index contributed by atoms with van der Waals surface area (Å²) < 4.78 is 6.93. The number of aromatic nitrogens is 2. The molecule has 4 rings (SSSR count). The fourth-order valence-corrected chi connectivity index (χ4v) is 6.04. The molecule has 1 amide bonds. The van der Waals surface area contributed by atoms with Crippen molar-refractivity contribution >= 4 is 40.0 Å². The quantitative estimate of drug-likeness (QED) is 0.432. The van der Waals surface area contributed by atoms with Gasteiger partial charge in [0.2, 0.25) is 5.91 Å². The highest BCUT2D eigenvalue weighted by molar-refractivity contribution is 8.00. The highest BCUT2D eigenvalue weighted by Gasteiger charge is 2.31. The molecule has 2 heterocycles. The molecule has 1 aliphatic rings. The number of esters is 1. The molecule has 2 aromatic heterocycles. The third-order valence-corrected chi connectivity index (χ3v) is 7.93. The van der Waals surface area contributed by atoms with Crippen LogP contribution in [0.4, 0.5) is 5.00 Å². The number of aryl methyl sites for hydroxylation is 1. The van der Waals surface area contributed by atoms with Gasteiger partial charge in [0.25, 0.3) is 0 Å². The van der Waals surface area contributed by atoms with Crippen LogP contribution in [-0.4, -0.2) is 33.8 Å². The molecule has 6 nitrogen and oxygen atoms in total. The fourth-order valence-electron chi connectivity index (χ4n) is 3.89. The van der Waals surface area contributed by atoms with Crippen LogP contribution in [0.1, 0.15) is 45.6 Å². The lowest BCUT2D eigenvalue weighted by atomic mass is 9.83. The fraction of sp³-hybridized carbons (Fsp3) is 0.348. The number of ether oxygens (including phenoxy) is 1. The van der Waals surface area contributed by atoms with Gasteiger partial charge in [-0.05, 0) is 43.2 Å². The third kappa shape index (κ3) is 4.55. The number of fused-ring (bicyclic) bond motifs is 1.